The molecule has 2 unspecified atom stereocenters. The van der Waals surface area contributed by atoms with Crippen LogP contribution in [0.4, 0.5) is 0 Å². The minimum atomic E-state index is 0.166. The summed E-state index contributed by atoms with van der Waals surface area (Å²) >= 11 is 0. The molecule has 0 radical (unpaired) electrons. The zero-order valence-electron chi connectivity index (χ0n) is 12.4. The van der Waals surface area contributed by atoms with Crippen LogP contribution in [-0.2, 0) is 4.79 Å². The van der Waals surface area contributed by atoms with Crippen LogP contribution in [0.2, 0.25) is 0 Å². The summed E-state index contributed by atoms with van der Waals surface area (Å²) in [6, 6.07) is 0.665. The zero-order valence-corrected chi connectivity index (χ0v) is 12.4. The highest BCUT2D eigenvalue weighted by Gasteiger charge is 2.38. The number of nitrogens with zero attached hydrogens (tertiary/aromatic N) is 1. The molecule has 2 nitrogen and oxygen atoms in total. The minimum Gasteiger partial charge on any atom is -0.298 e. The summed E-state index contributed by atoms with van der Waals surface area (Å²) in [6.07, 6.45) is 2.33. The van der Waals surface area contributed by atoms with Crippen LogP contribution in [-0.4, -0.2) is 29.3 Å². The molecule has 0 N–H and O–H groups in total. The van der Waals surface area contributed by atoms with E-state index in [0.29, 0.717) is 17.7 Å². The Morgan fingerprint density at radius 3 is 2.18 bits per heavy atom. The SMILES string of the molecule is CC(C)CC1CC(C(=O)C(C)C)N(C(C)C)C1. The van der Waals surface area contributed by atoms with Crippen molar-refractivity contribution in [2.24, 2.45) is 17.8 Å². The summed E-state index contributed by atoms with van der Waals surface area (Å²) in [5, 5.41) is 0. The summed E-state index contributed by atoms with van der Waals surface area (Å²) < 4.78 is 0. The number of ketones is 1. The average molecular weight is 239 g/mol. The van der Waals surface area contributed by atoms with Crippen LogP contribution in [0, 0.1) is 17.8 Å². The molecule has 2 atom stereocenters. The van der Waals surface area contributed by atoms with Gasteiger partial charge in [0.15, 0.2) is 5.78 Å². The summed E-state index contributed by atoms with van der Waals surface area (Å²) in [7, 11) is 0. The topological polar surface area (TPSA) is 20.3 Å². The normalized spacial score (nSPS) is 26.4. The van der Waals surface area contributed by atoms with E-state index in [9.17, 15) is 4.79 Å². The maximum absolute atomic E-state index is 12.2. The molecule has 1 fully saturated rings. The molecule has 0 spiro atoms. The van der Waals surface area contributed by atoms with Gasteiger partial charge >= 0.3 is 0 Å². The molecule has 0 amide bonds. The van der Waals surface area contributed by atoms with Gasteiger partial charge in [-0.15, -0.1) is 0 Å². The molecule has 0 saturated carbocycles. The van der Waals surface area contributed by atoms with Gasteiger partial charge in [0.2, 0.25) is 0 Å². The number of Topliss-reactive ketones (excluding diaryl/α,β-unsaturated/α-hetero) is 1. The lowest BCUT2D eigenvalue weighted by atomic mass is 9.92. The number of hydrogen-bond acceptors (Lipinski definition) is 2. The third-order valence-corrected chi connectivity index (χ3v) is 3.79. The van der Waals surface area contributed by atoms with Crippen molar-refractivity contribution >= 4 is 5.78 Å². The Kier molecular flexibility index (Phi) is 5.18. The molecular formula is C15H29NO. The smallest absolute Gasteiger partial charge is 0.152 e. The molecule has 0 aromatic rings. The predicted octanol–water partition coefficient (Wildman–Crippen LogP) is 3.36. The highest BCUT2D eigenvalue weighted by Crippen LogP contribution is 2.31. The monoisotopic (exact) mass is 239 g/mol. The fourth-order valence-electron chi connectivity index (χ4n) is 3.02. The van der Waals surface area contributed by atoms with Gasteiger partial charge in [-0.1, -0.05) is 27.7 Å². The van der Waals surface area contributed by atoms with E-state index in [-0.39, 0.29) is 12.0 Å². The van der Waals surface area contributed by atoms with Crippen molar-refractivity contribution in [3.8, 4) is 0 Å². The largest absolute Gasteiger partial charge is 0.298 e. The summed E-state index contributed by atoms with van der Waals surface area (Å²) in [5.41, 5.74) is 0. The molecule has 1 rings (SSSR count). The summed E-state index contributed by atoms with van der Waals surface area (Å²) in [5.74, 6) is 2.05. The van der Waals surface area contributed by atoms with E-state index in [0.717, 1.165) is 18.9 Å². The van der Waals surface area contributed by atoms with Crippen molar-refractivity contribution in [2.45, 2.75) is 66.5 Å². The molecule has 1 aliphatic rings. The molecule has 1 aliphatic heterocycles. The molecule has 0 aliphatic carbocycles. The Bertz CT molecular complexity index is 258. The van der Waals surface area contributed by atoms with Gasteiger partial charge in [0.05, 0.1) is 6.04 Å². The lowest BCUT2D eigenvalue weighted by Gasteiger charge is -2.28. The van der Waals surface area contributed by atoms with Gasteiger partial charge < -0.3 is 0 Å². The second-order valence-electron chi connectivity index (χ2n) is 6.59. The first kappa shape index (κ1) is 14.7. The average Bonchev–Trinajstić information content (AvgIpc) is 2.59. The molecule has 1 heterocycles. The van der Waals surface area contributed by atoms with Crippen LogP contribution in [0.5, 0.6) is 0 Å². The zero-order chi connectivity index (χ0) is 13.2. The van der Waals surface area contributed by atoms with Crippen molar-refractivity contribution in [3.05, 3.63) is 0 Å². The number of likely N-dealkylation sites (tertiary alicyclic amines) is 1. The van der Waals surface area contributed by atoms with Crippen LogP contribution < -0.4 is 0 Å². The van der Waals surface area contributed by atoms with Gasteiger partial charge in [0, 0.05) is 18.5 Å². The predicted molar refractivity (Wildman–Crippen MR) is 73.0 cm³/mol. The fourth-order valence-corrected chi connectivity index (χ4v) is 3.02. The van der Waals surface area contributed by atoms with Crippen molar-refractivity contribution in [3.63, 3.8) is 0 Å². The number of rotatable bonds is 5. The lowest BCUT2D eigenvalue weighted by Crippen LogP contribution is -2.42. The van der Waals surface area contributed by atoms with Gasteiger partial charge in [-0.2, -0.15) is 0 Å². The first-order chi connectivity index (χ1) is 7.82. The maximum Gasteiger partial charge on any atom is 0.152 e. The van der Waals surface area contributed by atoms with Gasteiger partial charge in [0.1, 0.15) is 0 Å². The van der Waals surface area contributed by atoms with E-state index in [1.54, 1.807) is 0 Å². The van der Waals surface area contributed by atoms with E-state index in [1.165, 1.54) is 6.42 Å². The number of carbonyl (C=O) groups is 1. The quantitative estimate of drug-likeness (QED) is 0.733. The van der Waals surface area contributed by atoms with E-state index in [1.807, 2.05) is 13.8 Å². The van der Waals surface area contributed by atoms with Crippen molar-refractivity contribution < 1.29 is 4.79 Å². The second kappa shape index (κ2) is 5.99. The Morgan fingerprint density at radius 2 is 1.76 bits per heavy atom. The summed E-state index contributed by atoms with van der Waals surface area (Å²) in [6.45, 7) is 14.1. The highest BCUT2D eigenvalue weighted by molar-refractivity contribution is 5.86. The maximum atomic E-state index is 12.2. The molecular weight excluding hydrogens is 210 g/mol. The van der Waals surface area contributed by atoms with Gasteiger partial charge in [0.25, 0.3) is 0 Å². The number of carbonyl (C=O) groups excluding carboxylic acids is 1. The first-order valence-corrected chi connectivity index (χ1v) is 7.12. The minimum absolute atomic E-state index is 0.166. The molecule has 0 aromatic heterocycles. The van der Waals surface area contributed by atoms with Crippen LogP contribution in [0.1, 0.15) is 54.4 Å². The van der Waals surface area contributed by atoms with Gasteiger partial charge in [-0.25, -0.2) is 0 Å². The Labute approximate surface area is 107 Å². The number of hydrogen-bond donors (Lipinski definition) is 0. The van der Waals surface area contributed by atoms with Crippen LogP contribution in [0.25, 0.3) is 0 Å². The third-order valence-electron chi connectivity index (χ3n) is 3.79. The van der Waals surface area contributed by atoms with E-state index in [2.05, 4.69) is 32.6 Å². The van der Waals surface area contributed by atoms with Crippen molar-refractivity contribution in [2.75, 3.05) is 6.54 Å². The Hall–Kier alpha value is -0.370. The third kappa shape index (κ3) is 3.80. The van der Waals surface area contributed by atoms with Gasteiger partial charge in [-0.05, 0) is 38.5 Å². The van der Waals surface area contributed by atoms with Crippen LogP contribution >= 0.6 is 0 Å². The van der Waals surface area contributed by atoms with E-state index in [4.69, 9.17) is 0 Å². The van der Waals surface area contributed by atoms with Crippen LogP contribution in [0.3, 0.4) is 0 Å². The highest BCUT2D eigenvalue weighted by atomic mass is 16.1. The molecule has 0 aromatic carbocycles. The van der Waals surface area contributed by atoms with Gasteiger partial charge in [-0.3, -0.25) is 9.69 Å². The fraction of sp³-hybridized carbons (Fsp3) is 0.933. The Morgan fingerprint density at radius 1 is 1.18 bits per heavy atom. The lowest BCUT2D eigenvalue weighted by molar-refractivity contribution is -0.126. The first-order valence-electron chi connectivity index (χ1n) is 7.12. The molecule has 1 saturated heterocycles. The standard InChI is InChI=1S/C15H29NO/c1-10(2)7-13-8-14(15(17)11(3)4)16(9-13)12(5)6/h10-14H,7-9H2,1-6H3. The van der Waals surface area contributed by atoms with E-state index < -0.39 is 0 Å². The molecule has 0 bridgehead atoms. The second-order valence-corrected chi connectivity index (χ2v) is 6.59. The van der Waals surface area contributed by atoms with E-state index >= 15 is 0 Å². The Balaban J connectivity index is 2.70. The van der Waals surface area contributed by atoms with Crippen molar-refractivity contribution in [1.29, 1.82) is 0 Å². The molecule has 17 heavy (non-hydrogen) atoms. The molecule has 100 valence electrons. The summed E-state index contributed by atoms with van der Waals surface area (Å²) in [4.78, 5) is 14.7. The van der Waals surface area contributed by atoms with Crippen LogP contribution in [0.15, 0.2) is 0 Å². The molecule has 2 heteroatoms. The van der Waals surface area contributed by atoms with Crippen molar-refractivity contribution in [1.82, 2.24) is 4.90 Å².